The number of hydrogen-bond donors (Lipinski definition) is 1. The van der Waals surface area contributed by atoms with Gasteiger partial charge in [0.05, 0.1) is 12.0 Å². The van der Waals surface area contributed by atoms with Crippen molar-refractivity contribution in [3.63, 3.8) is 0 Å². The number of para-hydroxylation sites is 1. The highest BCUT2D eigenvalue weighted by molar-refractivity contribution is 5.96. The Morgan fingerprint density at radius 3 is 2.93 bits per heavy atom. The molecule has 0 saturated heterocycles. The van der Waals surface area contributed by atoms with Crippen molar-refractivity contribution in [3.8, 4) is 5.75 Å². The average Bonchev–Trinajstić information content (AvgIpc) is 3.09. The number of nitrogens with one attached hydrogen (secondary N) is 1. The van der Waals surface area contributed by atoms with E-state index in [0.717, 1.165) is 17.0 Å². The van der Waals surface area contributed by atoms with E-state index in [2.05, 4.69) is 10.3 Å². The molecule has 1 amide bonds. The molecule has 2 aromatic heterocycles. The van der Waals surface area contributed by atoms with Crippen LogP contribution in [0, 0.1) is 6.92 Å². The van der Waals surface area contributed by atoms with E-state index in [0.29, 0.717) is 30.7 Å². The van der Waals surface area contributed by atoms with Crippen molar-refractivity contribution in [3.05, 3.63) is 69.6 Å². The van der Waals surface area contributed by atoms with Crippen molar-refractivity contribution in [1.29, 1.82) is 0 Å². The summed E-state index contributed by atoms with van der Waals surface area (Å²) < 4.78 is 7.49. The largest absolute Gasteiger partial charge is 0.493 e. The lowest BCUT2D eigenvalue weighted by molar-refractivity contribution is 0.0948. The minimum Gasteiger partial charge on any atom is -0.493 e. The van der Waals surface area contributed by atoms with Gasteiger partial charge in [0.2, 0.25) is 5.43 Å². The van der Waals surface area contributed by atoms with Gasteiger partial charge < -0.3 is 14.6 Å². The van der Waals surface area contributed by atoms with Gasteiger partial charge in [0.15, 0.2) is 0 Å². The number of ether oxygens (including phenoxy) is 1. The van der Waals surface area contributed by atoms with Gasteiger partial charge in [-0.2, -0.15) is 0 Å². The SMILES string of the molecule is CCn1cc(C(=O)NCC2COc3ccccc32)c(=O)c2ccc(C)nc21. The molecule has 27 heavy (non-hydrogen) atoms. The van der Waals surface area contributed by atoms with Crippen LogP contribution in [0.15, 0.2) is 47.4 Å². The molecule has 0 spiro atoms. The monoisotopic (exact) mass is 363 g/mol. The number of nitrogens with zero attached hydrogens (tertiary/aromatic N) is 2. The van der Waals surface area contributed by atoms with E-state index in [1.54, 1.807) is 18.3 Å². The summed E-state index contributed by atoms with van der Waals surface area (Å²) in [5.41, 5.74) is 2.38. The summed E-state index contributed by atoms with van der Waals surface area (Å²) in [4.78, 5) is 30.0. The molecule has 1 aliphatic heterocycles. The van der Waals surface area contributed by atoms with Gasteiger partial charge in [-0.1, -0.05) is 18.2 Å². The number of rotatable bonds is 4. The van der Waals surface area contributed by atoms with Crippen molar-refractivity contribution >= 4 is 16.9 Å². The standard InChI is InChI=1S/C21H21N3O3/c1-3-24-11-17(19(25)16-9-8-13(2)23-20(16)24)21(26)22-10-14-12-27-18-7-5-4-6-15(14)18/h4-9,11,14H,3,10,12H2,1-2H3,(H,22,26). The highest BCUT2D eigenvalue weighted by atomic mass is 16.5. The van der Waals surface area contributed by atoms with E-state index in [4.69, 9.17) is 4.74 Å². The van der Waals surface area contributed by atoms with Crippen LogP contribution in [0.4, 0.5) is 0 Å². The topological polar surface area (TPSA) is 73.2 Å². The Hall–Kier alpha value is -3.15. The van der Waals surface area contributed by atoms with Gasteiger partial charge >= 0.3 is 0 Å². The van der Waals surface area contributed by atoms with Gasteiger partial charge in [0.25, 0.3) is 5.91 Å². The molecule has 138 valence electrons. The molecule has 0 radical (unpaired) electrons. The Labute approximate surface area is 156 Å². The number of benzene rings is 1. The summed E-state index contributed by atoms with van der Waals surface area (Å²) in [5.74, 6) is 0.578. The second-order valence-corrected chi connectivity index (χ2v) is 6.74. The quantitative estimate of drug-likeness (QED) is 0.773. The van der Waals surface area contributed by atoms with Crippen molar-refractivity contribution in [1.82, 2.24) is 14.9 Å². The first-order valence-electron chi connectivity index (χ1n) is 9.09. The number of hydrogen-bond acceptors (Lipinski definition) is 4. The van der Waals surface area contributed by atoms with Crippen LogP contribution in [-0.2, 0) is 6.54 Å². The number of aromatic nitrogens is 2. The molecule has 0 fully saturated rings. The Bertz CT molecular complexity index is 1090. The number of aryl methyl sites for hydroxylation is 2. The molecule has 6 heteroatoms. The number of carbonyl (C=O) groups is 1. The normalized spacial score (nSPS) is 15.4. The Morgan fingerprint density at radius 2 is 2.11 bits per heavy atom. The lowest BCUT2D eigenvalue weighted by Gasteiger charge is -2.13. The fourth-order valence-electron chi connectivity index (χ4n) is 3.47. The first kappa shape index (κ1) is 17.3. The predicted octanol–water partition coefficient (Wildman–Crippen LogP) is 2.63. The number of amides is 1. The minimum absolute atomic E-state index is 0.0864. The van der Waals surface area contributed by atoms with Gasteiger partial charge in [-0.25, -0.2) is 4.98 Å². The van der Waals surface area contributed by atoms with Crippen LogP contribution in [-0.4, -0.2) is 28.6 Å². The maximum Gasteiger partial charge on any atom is 0.256 e. The van der Waals surface area contributed by atoms with Crippen LogP contribution in [0.3, 0.4) is 0 Å². The first-order valence-corrected chi connectivity index (χ1v) is 9.09. The summed E-state index contributed by atoms with van der Waals surface area (Å²) in [5, 5.41) is 3.36. The number of pyridine rings is 2. The van der Waals surface area contributed by atoms with Crippen LogP contribution in [0.2, 0.25) is 0 Å². The molecule has 0 bridgehead atoms. The van der Waals surface area contributed by atoms with Gasteiger partial charge in [0, 0.05) is 36.5 Å². The number of carbonyl (C=O) groups excluding carboxylic acids is 1. The van der Waals surface area contributed by atoms with Gasteiger partial charge in [-0.05, 0) is 32.0 Å². The lowest BCUT2D eigenvalue weighted by Crippen LogP contribution is -2.33. The smallest absolute Gasteiger partial charge is 0.256 e. The summed E-state index contributed by atoms with van der Waals surface area (Å²) in [6.45, 7) is 5.41. The molecule has 1 aliphatic rings. The molecule has 1 unspecified atom stereocenters. The van der Waals surface area contributed by atoms with E-state index in [1.165, 1.54) is 0 Å². The van der Waals surface area contributed by atoms with E-state index >= 15 is 0 Å². The van der Waals surface area contributed by atoms with Gasteiger partial charge in [0.1, 0.15) is 17.0 Å². The second kappa shape index (κ2) is 6.87. The third kappa shape index (κ3) is 3.07. The van der Waals surface area contributed by atoms with Crippen molar-refractivity contribution < 1.29 is 9.53 Å². The van der Waals surface area contributed by atoms with Crippen molar-refractivity contribution in [2.75, 3.05) is 13.2 Å². The molecule has 3 heterocycles. The van der Waals surface area contributed by atoms with E-state index in [-0.39, 0.29) is 22.8 Å². The highest BCUT2D eigenvalue weighted by Gasteiger charge is 2.25. The Balaban J connectivity index is 1.61. The molecule has 1 aromatic carbocycles. The van der Waals surface area contributed by atoms with Gasteiger partial charge in [-0.15, -0.1) is 0 Å². The lowest BCUT2D eigenvalue weighted by atomic mass is 10.0. The van der Waals surface area contributed by atoms with Crippen LogP contribution < -0.4 is 15.5 Å². The van der Waals surface area contributed by atoms with Crippen LogP contribution in [0.25, 0.3) is 11.0 Å². The van der Waals surface area contributed by atoms with Crippen LogP contribution >= 0.6 is 0 Å². The summed E-state index contributed by atoms with van der Waals surface area (Å²) in [7, 11) is 0. The van der Waals surface area contributed by atoms with Gasteiger partial charge in [-0.3, -0.25) is 9.59 Å². The second-order valence-electron chi connectivity index (χ2n) is 6.74. The van der Waals surface area contributed by atoms with Crippen molar-refractivity contribution in [2.24, 2.45) is 0 Å². The fraction of sp³-hybridized carbons (Fsp3) is 0.286. The van der Waals surface area contributed by atoms with E-state index in [1.807, 2.05) is 42.7 Å². The molecule has 1 N–H and O–H groups in total. The molecule has 0 saturated carbocycles. The third-order valence-corrected chi connectivity index (χ3v) is 4.95. The van der Waals surface area contributed by atoms with E-state index in [9.17, 15) is 9.59 Å². The molecule has 1 atom stereocenters. The zero-order valence-corrected chi connectivity index (χ0v) is 15.4. The zero-order valence-electron chi connectivity index (χ0n) is 15.4. The van der Waals surface area contributed by atoms with Crippen molar-refractivity contribution in [2.45, 2.75) is 26.3 Å². The summed E-state index contributed by atoms with van der Waals surface area (Å²) in [6.07, 6.45) is 1.60. The first-order chi connectivity index (χ1) is 13.1. The van der Waals surface area contributed by atoms with Crippen LogP contribution in [0.5, 0.6) is 5.75 Å². The average molecular weight is 363 g/mol. The molecular formula is C21H21N3O3. The number of fused-ring (bicyclic) bond motifs is 2. The third-order valence-electron chi connectivity index (χ3n) is 4.95. The summed E-state index contributed by atoms with van der Waals surface area (Å²) >= 11 is 0. The summed E-state index contributed by atoms with van der Waals surface area (Å²) in [6, 6.07) is 11.4. The zero-order chi connectivity index (χ0) is 19.0. The molecule has 6 nitrogen and oxygen atoms in total. The highest BCUT2D eigenvalue weighted by Crippen LogP contribution is 2.32. The maximum absolute atomic E-state index is 12.8. The van der Waals surface area contributed by atoms with Crippen LogP contribution in [0.1, 0.15) is 34.5 Å². The minimum atomic E-state index is -0.367. The maximum atomic E-state index is 12.8. The fourth-order valence-corrected chi connectivity index (χ4v) is 3.47. The molecule has 3 aromatic rings. The van der Waals surface area contributed by atoms with E-state index < -0.39 is 0 Å². The molecular weight excluding hydrogens is 342 g/mol. The Kier molecular flexibility index (Phi) is 4.39. The Morgan fingerprint density at radius 1 is 1.30 bits per heavy atom. The predicted molar refractivity (Wildman–Crippen MR) is 103 cm³/mol. The molecule has 4 rings (SSSR count). The molecule has 0 aliphatic carbocycles.